The quantitative estimate of drug-likeness (QED) is 0.258. The molecule has 42 heavy (non-hydrogen) atoms. The number of alkyl halides is 6. The molecule has 1 heterocycles. The van der Waals surface area contributed by atoms with Gasteiger partial charge < -0.3 is 30.1 Å². The highest BCUT2D eigenvalue weighted by Gasteiger charge is 2.50. The van der Waals surface area contributed by atoms with E-state index in [1.165, 1.54) is 29.8 Å². The number of rotatable bonds is 6. The molecule has 1 aliphatic heterocycles. The summed E-state index contributed by atoms with van der Waals surface area (Å²) in [7, 11) is 5.38. The molecule has 1 aliphatic carbocycles. The molecule has 3 N–H and O–H groups in total. The van der Waals surface area contributed by atoms with E-state index in [-0.39, 0.29) is 40.2 Å². The number of hydrogen-bond donors (Lipinski definition) is 3. The maximum atomic E-state index is 12.6. The summed E-state index contributed by atoms with van der Waals surface area (Å²) in [5.41, 5.74) is -2.69. The van der Waals surface area contributed by atoms with Crippen LogP contribution in [0.15, 0.2) is 47.4 Å². The number of methoxy groups -OCH3 is 2. The van der Waals surface area contributed by atoms with Crippen molar-refractivity contribution in [2.24, 2.45) is 0 Å². The predicted molar refractivity (Wildman–Crippen MR) is 144 cm³/mol. The second-order valence-corrected chi connectivity index (χ2v) is 11.1. The molecule has 1 saturated carbocycles. The van der Waals surface area contributed by atoms with Crippen LogP contribution in [0, 0.1) is 0 Å². The Hall–Kier alpha value is -3.33. The number of hydrogen-bond acceptors (Lipinski definition) is 6. The number of aliphatic carboxylic acids is 1. The Balaban J connectivity index is 0.000000616. The number of anilines is 1. The first-order chi connectivity index (χ1) is 19.6. The fourth-order valence-electron chi connectivity index (χ4n) is 5.49. The van der Waals surface area contributed by atoms with Crippen molar-refractivity contribution in [2.75, 3.05) is 33.1 Å². The lowest BCUT2D eigenvalue weighted by molar-refractivity contribution is -0.192. The largest absolute Gasteiger partial charge is 0.493 e. The average molecular weight is 624 g/mol. The van der Waals surface area contributed by atoms with Crippen molar-refractivity contribution in [1.82, 2.24) is 10.2 Å². The summed E-state index contributed by atoms with van der Waals surface area (Å²) in [6.45, 7) is 0.972. The van der Waals surface area contributed by atoms with Gasteiger partial charge in [0.2, 0.25) is 0 Å². The summed E-state index contributed by atoms with van der Waals surface area (Å²) in [6.07, 6.45) is -1.50. The average Bonchev–Trinajstić information content (AvgIpc) is 3.25. The second-order valence-electron chi connectivity index (χ2n) is 9.92. The zero-order valence-corrected chi connectivity index (χ0v) is 23.8. The molecule has 2 amide bonds. The number of ether oxygens (including phenoxy) is 2. The third-order valence-electron chi connectivity index (χ3n) is 7.41. The van der Waals surface area contributed by atoms with E-state index in [2.05, 4.69) is 34.7 Å². The van der Waals surface area contributed by atoms with Gasteiger partial charge in [0.05, 0.1) is 14.2 Å². The van der Waals surface area contributed by atoms with Gasteiger partial charge in [-0.1, -0.05) is 6.07 Å². The van der Waals surface area contributed by atoms with Crippen LogP contribution in [-0.2, 0) is 10.2 Å². The van der Waals surface area contributed by atoms with Gasteiger partial charge in [-0.05, 0) is 93.0 Å². The number of benzene rings is 2. The highest BCUT2D eigenvalue weighted by Crippen LogP contribution is 2.50. The van der Waals surface area contributed by atoms with Gasteiger partial charge in [0.25, 0.3) is 0 Å². The number of likely N-dealkylation sites (N-methyl/N-ethyl adjacent to an activating group) is 1. The minimum Gasteiger partial charge on any atom is -0.493 e. The van der Waals surface area contributed by atoms with Crippen molar-refractivity contribution in [3.8, 4) is 11.5 Å². The zero-order chi connectivity index (χ0) is 31.3. The van der Waals surface area contributed by atoms with E-state index < -0.39 is 17.7 Å². The zero-order valence-electron chi connectivity index (χ0n) is 22.9. The van der Waals surface area contributed by atoms with Gasteiger partial charge >= 0.3 is 23.7 Å². The van der Waals surface area contributed by atoms with E-state index in [0.717, 1.165) is 32.2 Å². The second kappa shape index (κ2) is 13.3. The van der Waals surface area contributed by atoms with E-state index in [9.17, 15) is 31.1 Å². The van der Waals surface area contributed by atoms with Crippen LogP contribution in [0.4, 0.5) is 36.8 Å². The molecule has 2 aromatic rings. The Morgan fingerprint density at radius 3 is 2.17 bits per heavy atom. The minimum absolute atomic E-state index is 0.00567. The first kappa shape index (κ1) is 33.2. The number of carboxylic acids is 1. The number of amides is 2. The Morgan fingerprint density at radius 2 is 1.62 bits per heavy atom. The summed E-state index contributed by atoms with van der Waals surface area (Å²) >= 11 is -0.180. The maximum Gasteiger partial charge on any atom is 0.490 e. The molecule has 1 saturated heterocycles. The van der Waals surface area contributed by atoms with E-state index in [4.69, 9.17) is 19.4 Å². The number of nitrogens with one attached hydrogen (secondary N) is 2. The number of urea groups is 1. The summed E-state index contributed by atoms with van der Waals surface area (Å²) in [4.78, 5) is 24.0. The molecular weight excluding hydrogens is 592 g/mol. The summed E-state index contributed by atoms with van der Waals surface area (Å²) in [5, 5.41) is 12.9. The van der Waals surface area contributed by atoms with Crippen molar-refractivity contribution in [1.29, 1.82) is 0 Å². The van der Waals surface area contributed by atoms with Crippen molar-refractivity contribution in [3.05, 3.63) is 48.0 Å². The molecule has 2 aliphatic rings. The SMILES string of the molecule is COc1ccc([C@@]23CC[C@@H](NC(=O)Nc4ccc(SC(F)(F)F)cc4)C[C@@H]2N(C)CC3)cc1OC.O=C(O)C(F)(F)F. The van der Waals surface area contributed by atoms with Crippen molar-refractivity contribution in [3.63, 3.8) is 0 Å². The van der Waals surface area contributed by atoms with Crippen LogP contribution in [-0.4, -0.2) is 73.6 Å². The van der Waals surface area contributed by atoms with Crippen molar-refractivity contribution in [2.45, 2.75) is 59.8 Å². The third kappa shape index (κ3) is 8.37. The van der Waals surface area contributed by atoms with Gasteiger partial charge in [-0.15, -0.1) is 0 Å². The monoisotopic (exact) mass is 623 g/mol. The topological polar surface area (TPSA) is 100 Å². The van der Waals surface area contributed by atoms with Crippen LogP contribution in [0.5, 0.6) is 11.5 Å². The number of carbonyl (C=O) groups excluding carboxylic acids is 1. The number of carboxylic acid groups (broad SMARTS) is 1. The smallest absolute Gasteiger partial charge is 0.490 e. The van der Waals surface area contributed by atoms with Crippen LogP contribution in [0.2, 0.25) is 0 Å². The van der Waals surface area contributed by atoms with E-state index >= 15 is 0 Å². The molecule has 0 aromatic heterocycles. The number of halogens is 6. The lowest BCUT2D eigenvalue weighted by Crippen LogP contribution is -2.52. The summed E-state index contributed by atoms with van der Waals surface area (Å²) in [5.74, 6) is -1.34. The molecular formula is C27H31F6N3O5S. The van der Waals surface area contributed by atoms with Gasteiger partial charge in [-0.3, -0.25) is 0 Å². The lowest BCUT2D eigenvalue weighted by Gasteiger charge is -2.45. The fourth-order valence-corrected chi connectivity index (χ4v) is 6.03. The van der Waals surface area contributed by atoms with Crippen LogP contribution in [0.3, 0.4) is 0 Å². The molecule has 0 bridgehead atoms. The van der Waals surface area contributed by atoms with Gasteiger partial charge in [-0.2, -0.15) is 26.3 Å². The van der Waals surface area contributed by atoms with Crippen molar-refractivity contribution < 1.29 is 50.5 Å². The number of likely N-dealkylation sites (tertiary alicyclic amines) is 1. The van der Waals surface area contributed by atoms with E-state index in [1.807, 2.05) is 6.07 Å². The highest BCUT2D eigenvalue weighted by molar-refractivity contribution is 8.00. The van der Waals surface area contributed by atoms with Crippen LogP contribution in [0.25, 0.3) is 0 Å². The molecule has 0 radical (unpaired) electrons. The predicted octanol–water partition coefficient (Wildman–Crippen LogP) is 6.27. The molecule has 4 rings (SSSR count). The Morgan fingerprint density at radius 1 is 1.00 bits per heavy atom. The molecule has 3 atom stereocenters. The van der Waals surface area contributed by atoms with Crippen LogP contribution >= 0.6 is 11.8 Å². The van der Waals surface area contributed by atoms with Gasteiger partial charge in [-0.25, -0.2) is 9.59 Å². The molecule has 2 fully saturated rings. The van der Waals surface area contributed by atoms with Gasteiger partial charge in [0.1, 0.15) is 0 Å². The number of fused-ring (bicyclic) bond motifs is 1. The number of carbonyl (C=O) groups is 2. The van der Waals surface area contributed by atoms with Gasteiger partial charge in [0, 0.05) is 28.1 Å². The summed E-state index contributed by atoms with van der Waals surface area (Å²) < 4.78 is 80.2. The summed E-state index contributed by atoms with van der Waals surface area (Å²) in [6, 6.07) is 11.7. The van der Waals surface area contributed by atoms with E-state index in [0.29, 0.717) is 17.2 Å². The lowest BCUT2D eigenvalue weighted by atomic mass is 9.65. The Kier molecular flexibility index (Phi) is 10.5. The Bertz CT molecular complexity index is 1240. The van der Waals surface area contributed by atoms with E-state index in [1.54, 1.807) is 14.2 Å². The van der Waals surface area contributed by atoms with Crippen molar-refractivity contribution >= 4 is 29.4 Å². The molecule has 2 aromatic carbocycles. The molecule has 0 spiro atoms. The molecule has 0 unspecified atom stereocenters. The van der Waals surface area contributed by atoms with Gasteiger partial charge in [0.15, 0.2) is 11.5 Å². The first-order valence-corrected chi connectivity index (χ1v) is 13.6. The third-order valence-corrected chi connectivity index (χ3v) is 8.15. The fraction of sp³-hybridized carbons (Fsp3) is 0.481. The Labute approximate surface area is 242 Å². The number of thioether (sulfide) groups is 1. The standard InChI is InChI=1S/C25H30F3N3O3S.C2HF3O2/c1-31-13-12-24(16-4-9-20(33-2)21(14-16)34-3)11-10-18(15-22(24)31)30-23(32)29-17-5-7-19(8-6-17)35-25(26,27)28;3-2(4,5)1(6)7/h4-9,14,18,22H,10-13,15H2,1-3H3,(H2,29,30,32);(H,6,7)/t18-,22+,24+;/m1./s1. The molecule has 15 heteroatoms. The first-order valence-electron chi connectivity index (χ1n) is 12.7. The highest BCUT2D eigenvalue weighted by atomic mass is 32.2. The van der Waals surface area contributed by atoms with Crippen LogP contribution in [0.1, 0.15) is 31.2 Å². The minimum atomic E-state index is -5.08. The molecule has 8 nitrogen and oxygen atoms in total. The normalized spacial score (nSPS) is 22.3. The molecule has 232 valence electrons. The number of nitrogens with zero attached hydrogens (tertiary/aromatic N) is 1. The maximum absolute atomic E-state index is 12.6. The van der Waals surface area contributed by atoms with Crippen LogP contribution < -0.4 is 20.1 Å².